The smallest absolute Gasteiger partial charge is 0.255 e. The molecule has 0 unspecified atom stereocenters. The van der Waals surface area contributed by atoms with Gasteiger partial charge in [0.1, 0.15) is 0 Å². The summed E-state index contributed by atoms with van der Waals surface area (Å²) in [6.07, 6.45) is 5.62. The number of hydrogen-bond donors (Lipinski definition) is 2. The molecule has 0 atom stereocenters. The van der Waals surface area contributed by atoms with Crippen LogP contribution in [0.15, 0.2) is 83.8 Å². The maximum atomic E-state index is 12.8. The van der Waals surface area contributed by atoms with Crippen molar-refractivity contribution in [1.82, 2.24) is 20.1 Å². The van der Waals surface area contributed by atoms with Gasteiger partial charge < -0.3 is 14.8 Å². The summed E-state index contributed by atoms with van der Waals surface area (Å²) in [6.45, 7) is 0. The summed E-state index contributed by atoms with van der Waals surface area (Å²) >= 11 is 0. The van der Waals surface area contributed by atoms with Crippen molar-refractivity contribution < 1.29 is 9.32 Å². The molecular weight excluding hydrogens is 378 g/mol. The van der Waals surface area contributed by atoms with E-state index in [1.807, 2.05) is 60.8 Å². The van der Waals surface area contributed by atoms with Crippen LogP contribution in [-0.4, -0.2) is 26.0 Å². The highest BCUT2D eigenvalue weighted by molar-refractivity contribution is 6.06. The van der Waals surface area contributed by atoms with E-state index in [2.05, 4.69) is 25.4 Å². The van der Waals surface area contributed by atoms with E-state index in [1.54, 1.807) is 18.5 Å². The van der Waals surface area contributed by atoms with Gasteiger partial charge in [-0.05, 0) is 48.0 Å². The molecule has 3 heterocycles. The first-order valence-electron chi connectivity index (χ1n) is 9.46. The fourth-order valence-corrected chi connectivity index (χ4v) is 3.29. The minimum atomic E-state index is -0.173. The van der Waals surface area contributed by atoms with Gasteiger partial charge in [0.15, 0.2) is 0 Å². The molecule has 0 fully saturated rings. The normalized spacial score (nSPS) is 10.9. The predicted octanol–water partition coefficient (Wildman–Crippen LogP) is 4.46. The summed E-state index contributed by atoms with van der Waals surface area (Å²) in [6, 6.07) is 18.7. The van der Waals surface area contributed by atoms with E-state index in [0.29, 0.717) is 29.4 Å². The molecule has 30 heavy (non-hydrogen) atoms. The lowest BCUT2D eigenvalue weighted by Crippen LogP contribution is -2.13. The first kappa shape index (κ1) is 17.8. The van der Waals surface area contributed by atoms with E-state index >= 15 is 0 Å². The minimum absolute atomic E-state index is 0.173. The Morgan fingerprint density at radius 1 is 1.03 bits per heavy atom. The molecule has 146 valence electrons. The Balaban J connectivity index is 1.36. The number of amides is 1. The first-order chi connectivity index (χ1) is 14.8. The van der Waals surface area contributed by atoms with Gasteiger partial charge in [-0.25, -0.2) is 0 Å². The van der Waals surface area contributed by atoms with Crippen molar-refractivity contribution >= 4 is 22.5 Å². The summed E-state index contributed by atoms with van der Waals surface area (Å²) in [4.78, 5) is 24.4. The lowest BCUT2D eigenvalue weighted by molar-refractivity contribution is 0.102. The maximum absolute atomic E-state index is 12.8. The van der Waals surface area contributed by atoms with Crippen LogP contribution < -0.4 is 5.32 Å². The summed E-state index contributed by atoms with van der Waals surface area (Å²) in [5.74, 6) is 0.805. The number of aromatic amines is 1. The van der Waals surface area contributed by atoms with Crippen molar-refractivity contribution in [3.63, 3.8) is 0 Å². The number of para-hydroxylation sites is 1. The largest absolute Gasteiger partial charge is 0.361 e. The fourth-order valence-electron chi connectivity index (χ4n) is 3.29. The van der Waals surface area contributed by atoms with Gasteiger partial charge in [-0.2, -0.15) is 4.98 Å². The zero-order valence-electron chi connectivity index (χ0n) is 15.9. The third kappa shape index (κ3) is 3.56. The number of nitrogens with zero attached hydrogens (tertiary/aromatic N) is 3. The maximum Gasteiger partial charge on any atom is 0.255 e. The van der Waals surface area contributed by atoms with Crippen LogP contribution in [0, 0.1) is 0 Å². The molecule has 7 heteroatoms. The quantitative estimate of drug-likeness (QED) is 0.458. The Hall–Kier alpha value is -4.26. The van der Waals surface area contributed by atoms with E-state index in [9.17, 15) is 4.79 Å². The molecule has 0 aliphatic carbocycles. The Kier molecular flexibility index (Phi) is 4.53. The highest BCUT2D eigenvalue weighted by atomic mass is 16.5. The number of H-pyrrole nitrogens is 1. The van der Waals surface area contributed by atoms with Crippen LogP contribution in [0.4, 0.5) is 5.69 Å². The van der Waals surface area contributed by atoms with Crippen LogP contribution >= 0.6 is 0 Å². The van der Waals surface area contributed by atoms with Crippen LogP contribution in [-0.2, 0) is 6.42 Å². The summed E-state index contributed by atoms with van der Waals surface area (Å²) in [7, 11) is 0. The average molecular weight is 395 g/mol. The second-order valence-electron chi connectivity index (χ2n) is 6.82. The van der Waals surface area contributed by atoms with Gasteiger partial charge in [0.2, 0.25) is 11.7 Å². The molecule has 2 aromatic carbocycles. The van der Waals surface area contributed by atoms with Gasteiger partial charge >= 0.3 is 0 Å². The molecule has 5 aromatic rings. The standard InChI is InChI=1S/C23H17N5O2/c29-23(18-5-6-19-17(13-18)9-12-25-19)26-20-4-2-1-3-16(20)14-21-27-22(28-30-21)15-7-10-24-11-8-15/h1-13,25H,14H2,(H,26,29). The van der Waals surface area contributed by atoms with Crippen molar-refractivity contribution in [2.45, 2.75) is 6.42 Å². The molecule has 0 spiro atoms. The number of rotatable bonds is 5. The van der Waals surface area contributed by atoms with Crippen LogP contribution in [0.25, 0.3) is 22.3 Å². The lowest BCUT2D eigenvalue weighted by Gasteiger charge is -2.10. The molecule has 1 amide bonds. The van der Waals surface area contributed by atoms with Gasteiger partial charge in [-0.1, -0.05) is 23.4 Å². The molecule has 0 saturated carbocycles. The Morgan fingerprint density at radius 3 is 2.80 bits per heavy atom. The van der Waals surface area contributed by atoms with Crippen LogP contribution in [0.3, 0.4) is 0 Å². The monoisotopic (exact) mass is 395 g/mol. The fraction of sp³-hybridized carbons (Fsp3) is 0.0435. The molecule has 3 aromatic heterocycles. The highest BCUT2D eigenvalue weighted by Gasteiger charge is 2.14. The molecule has 0 aliphatic rings. The first-order valence-corrected chi connectivity index (χ1v) is 9.46. The summed E-state index contributed by atoms with van der Waals surface area (Å²) < 4.78 is 5.41. The van der Waals surface area contributed by atoms with Crippen molar-refractivity contribution in [2.75, 3.05) is 5.32 Å². The Bertz CT molecular complexity index is 1320. The molecular formula is C23H17N5O2. The predicted molar refractivity (Wildman–Crippen MR) is 113 cm³/mol. The van der Waals surface area contributed by atoms with Gasteiger partial charge in [-0.3, -0.25) is 9.78 Å². The van der Waals surface area contributed by atoms with Gasteiger partial charge in [0.05, 0.1) is 6.42 Å². The topological polar surface area (TPSA) is 96.7 Å². The Labute approximate surface area is 171 Å². The number of carbonyl (C=O) groups excluding carboxylic acids is 1. The lowest BCUT2D eigenvalue weighted by atomic mass is 10.1. The van der Waals surface area contributed by atoms with Gasteiger partial charge in [-0.15, -0.1) is 0 Å². The SMILES string of the molecule is O=C(Nc1ccccc1Cc1nc(-c2ccncc2)no1)c1ccc2[nH]ccc2c1. The van der Waals surface area contributed by atoms with E-state index in [0.717, 1.165) is 22.0 Å². The number of aromatic nitrogens is 4. The van der Waals surface area contributed by atoms with E-state index in [-0.39, 0.29) is 5.91 Å². The van der Waals surface area contributed by atoms with E-state index in [1.165, 1.54) is 0 Å². The Morgan fingerprint density at radius 2 is 1.90 bits per heavy atom. The number of carbonyl (C=O) groups is 1. The van der Waals surface area contributed by atoms with Crippen LogP contribution in [0.2, 0.25) is 0 Å². The third-order valence-corrected chi connectivity index (χ3v) is 4.83. The summed E-state index contributed by atoms with van der Waals surface area (Å²) in [5.41, 5.74) is 4.02. The zero-order valence-corrected chi connectivity index (χ0v) is 15.9. The number of benzene rings is 2. The molecule has 0 aliphatic heterocycles. The second-order valence-corrected chi connectivity index (χ2v) is 6.82. The zero-order chi connectivity index (χ0) is 20.3. The third-order valence-electron chi connectivity index (χ3n) is 4.83. The van der Waals surface area contributed by atoms with Gasteiger partial charge in [0.25, 0.3) is 5.91 Å². The number of nitrogens with one attached hydrogen (secondary N) is 2. The molecule has 0 radical (unpaired) electrons. The number of pyridine rings is 1. The van der Waals surface area contributed by atoms with Crippen molar-refractivity contribution in [3.8, 4) is 11.4 Å². The van der Waals surface area contributed by atoms with Crippen molar-refractivity contribution in [3.05, 3.63) is 96.3 Å². The number of anilines is 1. The number of hydrogen-bond acceptors (Lipinski definition) is 5. The number of fused-ring (bicyclic) bond motifs is 1. The molecule has 0 saturated heterocycles. The van der Waals surface area contributed by atoms with Crippen LogP contribution in [0.1, 0.15) is 21.8 Å². The highest BCUT2D eigenvalue weighted by Crippen LogP contribution is 2.22. The van der Waals surface area contributed by atoms with E-state index in [4.69, 9.17) is 4.52 Å². The average Bonchev–Trinajstić information content (AvgIpc) is 3.44. The van der Waals surface area contributed by atoms with E-state index < -0.39 is 0 Å². The molecule has 2 N–H and O–H groups in total. The second kappa shape index (κ2) is 7.63. The molecule has 5 rings (SSSR count). The molecule has 0 bridgehead atoms. The van der Waals surface area contributed by atoms with Crippen molar-refractivity contribution in [2.24, 2.45) is 0 Å². The minimum Gasteiger partial charge on any atom is -0.361 e. The van der Waals surface area contributed by atoms with Crippen molar-refractivity contribution in [1.29, 1.82) is 0 Å². The molecule has 7 nitrogen and oxygen atoms in total. The summed E-state index contributed by atoms with van der Waals surface area (Å²) in [5, 5.41) is 8.03. The van der Waals surface area contributed by atoms with Crippen LogP contribution in [0.5, 0.6) is 0 Å². The van der Waals surface area contributed by atoms with Gasteiger partial charge in [0, 0.05) is 46.3 Å².